The van der Waals surface area contributed by atoms with Crippen molar-refractivity contribution in [2.24, 2.45) is 5.92 Å². The Hall–Kier alpha value is -1.09. The van der Waals surface area contributed by atoms with Crippen molar-refractivity contribution in [3.63, 3.8) is 0 Å². The highest BCUT2D eigenvalue weighted by molar-refractivity contribution is 5.40. The van der Waals surface area contributed by atoms with E-state index in [2.05, 4.69) is 32.6 Å². The lowest BCUT2D eigenvalue weighted by molar-refractivity contribution is 0.155. The number of anilines is 1. The van der Waals surface area contributed by atoms with Gasteiger partial charge < -0.3 is 5.73 Å². The monoisotopic (exact) mass is 266 g/mol. The first kappa shape index (κ1) is 16.0. The molecule has 0 atom stereocenters. The second-order valence-corrected chi connectivity index (χ2v) is 5.64. The molecule has 0 saturated heterocycles. The van der Waals surface area contributed by atoms with Crippen LogP contribution >= 0.6 is 0 Å². The molecule has 0 saturated carbocycles. The molecule has 0 aliphatic heterocycles. The molecule has 0 heterocycles. The Morgan fingerprint density at radius 3 is 2.32 bits per heavy atom. The van der Waals surface area contributed by atoms with E-state index >= 15 is 0 Å². The Labute approximate surface area is 116 Å². The van der Waals surface area contributed by atoms with Gasteiger partial charge in [0, 0.05) is 30.4 Å². The summed E-state index contributed by atoms with van der Waals surface area (Å²) in [5, 5.41) is 0. The predicted molar refractivity (Wildman–Crippen MR) is 80.4 cm³/mol. The average Bonchev–Trinajstić information content (AvgIpc) is 2.33. The third kappa shape index (κ3) is 4.83. The Morgan fingerprint density at radius 2 is 1.84 bits per heavy atom. The van der Waals surface area contributed by atoms with Crippen LogP contribution in [0, 0.1) is 11.7 Å². The molecule has 0 radical (unpaired) electrons. The summed E-state index contributed by atoms with van der Waals surface area (Å²) >= 11 is 0. The number of rotatable bonds is 7. The maximum atomic E-state index is 13.9. The lowest BCUT2D eigenvalue weighted by Crippen LogP contribution is -2.37. The van der Waals surface area contributed by atoms with E-state index in [1.807, 2.05) is 0 Å². The number of halogens is 1. The van der Waals surface area contributed by atoms with E-state index in [0.29, 0.717) is 24.2 Å². The fraction of sp³-hybridized carbons (Fsp3) is 0.625. The quantitative estimate of drug-likeness (QED) is 0.754. The number of nitrogens with zero attached hydrogens (tertiary/aromatic N) is 1. The highest BCUT2D eigenvalue weighted by Crippen LogP contribution is 2.19. The maximum Gasteiger partial charge on any atom is 0.129 e. The van der Waals surface area contributed by atoms with Crippen LogP contribution in [0.2, 0.25) is 0 Å². The van der Waals surface area contributed by atoms with Gasteiger partial charge in [0.1, 0.15) is 5.82 Å². The van der Waals surface area contributed by atoms with Crippen LogP contribution < -0.4 is 5.73 Å². The minimum atomic E-state index is -0.195. The van der Waals surface area contributed by atoms with E-state index in [0.717, 1.165) is 24.9 Å². The van der Waals surface area contributed by atoms with Gasteiger partial charge in [0.2, 0.25) is 0 Å². The molecule has 1 rings (SSSR count). The number of hydrogen-bond acceptors (Lipinski definition) is 2. The molecule has 0 spiro atoms. The lowest BCUT2D eigenvalue weighted by atomic mass is 10.1. The Bertz CT molecular complexity index is 386. The van der Waals surface area contributed by atoms with Crippen LogP contribution in [0.5, 0.6) is 0 Å². The van der Waals surface area contributed by atoms with Crippen LogP contribution in [0.4, 0.5) is 10.1 Å². The second-order valence-electron chi connectivity index (χ2n) is 5.64. The van der Waals surface area contributed by atoms with E-state index in [4.69, 9.17) is 5.73 Å². The second kappa shape index (κ2) is 7.49. The van der Waals surface area contributed by atoms with Crippen molar-refractivity contribution in [2.45, 2.75) is 53.1 Å². The van der Waals surface area contributed by atoms with Crippen LogP contribution in [-0.4, -0.2) is 17.5 Å². The van der Waals surface area contributed by atoms with Gasteiger partial charge in [-0.1, -0.05) is 33.8 Å². The van der Waals surface area contributed by atoms with Crippen molar-refractivity contribution < 1.29 is 4.39 Å². The molecule has 2 N–H and O–H groups in total. The largest absolute Gasteiger partial charge is 0.399 e. The molecule has 108 valence electrons. The van der Waals surface area contributed by atoms with Gasteiger partial charge in [-0.25, -0.2) is 4.39 Å². The van der Waals surface area contributed by atoms with Crippen molar-refractivity contribution in [3.8, 4) is 0 Å². The summed E-state index contributed by atoms with van der Waals surface area (Å²) in [6.07, 6.45) is 2.19. The molecule has 2 nitrogen and oxygen atoms in total. The summed E-state index contributed by atoms with van der Waals surface area (Å²) in [5.41, 5.74) is 6.82. The zero-order chi connectivity index (χ0) is 14.4. The minimum absolute atomic E-state index is 0.195. The molecule has 1 aromatic carbocycles. The van der Waals surface area contributed by atoms with Crippen LogP contribution in [0.3, 0.4) is 0 Å². The smallest absolute Gasteiger partial charge is 0.129 e. The molecule has 0 unspecified atom stereocenters. The van der Waals surface area contributed by atoms with Gasteiger partial charge in [0.25, 0.3) is 0 Å². The summed E-state index contributed by atoms with van der Waals surface area (Å²) < 4.78 is 13.9. The van der Waals surface area contributed by atoms with E-state index < -0.39 is 0 Å². The Balaban J connectivity index is 2.86. The molecule has 0 aliphatic rings. The first-order valence-corrected chi connectivity index (χ1v) is 7.25. The van der Waals surface area contributed by atoms with Gasteiger partial charge in [0.15, 0.2) is 0 Å². The molecule has 3 heteroatoms. The van der Waals surface area contributed by atoms with E-state index in [9.17, 15) is 4.39 Å². The van der Waals surface area contributed by atoms with E-state index in [-0.39, 0.29) is 5.82 Å². The zero-order valence-electron chi connectivity index (χ0n) is 12.6. The average molecular weight is 266 g/mol. The summed E-state index contributed by atoms with van der Waals surface area (Å²) in [6.45, 7) is 10.5. The minimum Gasteiger partial charge on any atom is -0.399 e. The normalized spacial score (nSPS) is 11.8. The third-order valence-electron chi connectivity index (χ3n) is 3.51. The van der Waals surface area contributed by atoms with Crippen LogP contribution in [0.25, 0.3) is 0 Å². The van der Waals surface area contributed by atoms with Gasteiger partial charge in [-0.2, -0.15) is 0 Å². The van der Waals surface area contributed by atoms with Gasteiger partial charge in [0.05, 0.1) is 0 Å². The van der Waals surface area contributed by atoms with Gasteiger partial charge in [-0.3, -0.25) is 4.90 Å². The van der Waals surface area contributed by atoms with Crippen LogP contribution in [-0.2, 0) is 6.54 Å². The van der Waals surface area contributed by atoms with Crippen molar-refractivity contribution in [1.82, 2.24) is 4.90 Å². The molecular weight excluding hydrogens is 239 g/mol. The van der Waals surface area contributed by atoms with Gasteiger partial charge in [-0.15, -0.1) is 0 Å². The van der Waals surface area contributed by atoms with Crippen molar-refractivity contribution in [1.29, 1.82) is 0 Å². The maximum absolute atomic E-state index is 13.9. The first-order chi connectivity index (χ1) is 8.97. The molecule has 19 heavy (non-hydrogen) atoms. The number of benzene rings is 1. The summed E-state index contributed by atoms with van der Waals surface area (Å²) in [7, 11) is 0. The van der Waals surface area contributed by atoms with Crippen LogP contribution in [0.15, 0.2) is 18.2 Å². The fourth-order valence-corrected chi connectivity index (χ4v) is 2.53. The topological polar surface area (TPSA) is 29.3 Å². The molecule has 0 aromatic heterocycles. The molecular formula is C16H27FN2. The van der Waals surface area contributed by atoms with Crippen molar-refractivity contribution in [3.05, 3.63) is 29.6 Å². The Kier molecular flexibility index (Phi) is 6.29. The summed E-state index contributed by atoms with van der Waals surface area (Å²) in [5.74, 6) is 0.386. The number of nitrogens with two attached hydrogens (primary N) is 1. The fourth-order valence-electron chi connectivity index (χ4n) is 2.53. The third-order valence-corrected chi connectivity index (χ3v) is 3.51. The first-order valence-electron chi connectivity index (χ1n) is 7.25. The SMILES string of the molecule is CCC(CC)N(Cc1ccc(N)cc1F)CC(C)C. The molecule has 0 bridgehead atoms. The molecule has 1 aromatic rings. The van der Waals surface area contributed by atoms with Crippen molar-refractivity contribution in [2.75, 3.05) is 12.3 Å². The van der Waals surface area contributed by atoms with Crippen molar-refractivity contribution >= 4 is 5.69 Å². The van der Waals surface area contributed by atoms with Gasteiger partial charge in [-0.05, 0) is 30.9 Å². The summed E-state index contributed by atoms with van der Waals surface area (Å²) in [6, 6.07) is 5.51. The standard InChI is InChI=1S/C16H27FN2/c1-5-15(6-2)19(10-12(3)4)11-13-7-8-14(18)9-16(13)17/h7-9,12,15H,5-6,10-11,18H2,1-4H3. The predicted octanol–water partition coefficient (Wildman–Crippen LogP) is 4.05. The highest BCUT2D eigenvalue weighted by atomic mass is 19.1. The van der Waals surface area contributed by atoms with Gasteiger partial charge >= 0.3 is 0 Å². The zero-order valence-corrected chi connectivity index (χ0v) is 12.6. The van der Waals surface area contributed by atoms with E-state index in [1.165, 1.54) is 6.07 Å². The Morgan fingerprint density at radius 1 is 1.21 bits per heavy atom. The van der Waals surface area contributed by atoms with E-state index in [1.54, 1.807) is 12.1 Å². The molecule has 0 fully saturated rings. The number of hydrogen-bond donors (Lipinski definition) is 1. The summed E-state index contributed by atoms with van der Waals surface area (Å²) in [4.78, 5) is 2.39. The number of nitrogen functional groups attached to an aromatic ring is 1. The van der Waals surface area contributed by atoms with Crippen LogP contribution in [0.1, 0.15) is 46.1 Å². The highest BCUT2D eigenvalue weighted by Gasteiger charge is 2.18. The molecule has 0 amide bonds. The molecule has 0 aliphatic carbocycles. The lowest BCUT2D eigenvalue weighted by Gasteiger charge is -2.32.